The minimum Gasteiger partial charge on any atom is -0.369 e. The van der Waals surface area contributed by atoms with Gasteiger partial charge in [-0.15, -0.1) is 15.3 Å². The first-order valence-electron chi connectivity index (χ1n) is 8.01. The van der Waals surface area contributed by atoms with Crippen molar-refractivity contribution in [1.29, 1.82) is 0 Å². The highest BCUT2D eigenvalue weighted by Gasteiger charge is 2.14. The number of nitrogens with zero attached hydrogens (tertiary/aromatic N) is 4. The summed E-state index contributed by atoms with van der Waals surface area (Å²) in [5, 5.41) is 15.7. The van der Waals surface area contributed by atoms with Gasteiger partial charge in [-0.2, -0.15) is 4.52 Å². The van der Waals surface area contributed by atoms with Crippen LogP contribution in [-0.2, 0) is 16.4 Å². The summed E-state index contributed by atoms with van der Waals surface area (Å²) in [7, 11) is -3.54. The highest BCUT2D eigenvalue weighted by Crippen LogP contribution is 2.10. The second-order valence-corrected chi connectivity index (χ2v) is 7.36. The molecule has 0 saturated carbocycles. The smallest absolute Gasteiger partial charge is 0.240 e. The van der Waals surface area contributed by atoms with Gasteiger partial charge in [0.05, 0.1) is 4.90 Å². The summed E-state index contributed by atoms with van der Waals surface area (Å²) in [5.74, 6) is 1.32. The fraction of sp³-hybridized carbons (Fsp3) is 0.312. The number of aromatic nitrogens is 4. The SMILES string of the molecule is CCNc1ccc2nnc(CCNS(=O)(=O)c3ccc(C)cc3)n2n1. The van der Waals surface area contributed by atoms with Crippen molar-refractivity contribution in [2.75, 3.05) is 18.4 Å². The standard InChI is InChI=1S/C16H20N6O2S/c1-3-17-14-8-9-15-19-20-16(22(15)21-14)10-11-18-25(23,24)13-6-4-12(2)5-7-13/h4-9,18H,3,10-11H2,1-2H3,(H,17,21). The van der Waals surface area contributed by atoms with Crippen molar-refractivity contribution < 1.29 is 8.42 Å². The van der Waals surface area contributed by atoms with Crippen LogP contribution < -0.4 is 10.0 Å². The van der Waals surface area contributed by atoms with E-state index in [1.807, 2.05) is 26.0 Å². The summed E-state index contributed by atoms with van der Waals surface area (Å²) in [5.41, 5.74) is 1.63. The zero-order valence-corrected chi connectivity index (χ0v) is 14.9. The van der Waals surface area contributed by atoms with Gasteiger partial charge in [-0.3, -0.25) is 0 Å². The third-order valence-electron chi connectivity index (χ3n) is 3.66. The number of aryl methyl sites for hydroxylation is 1. The molecule has 0 amide bonds. The van der Waals surface area contributed by atoms with Gasteiger partial charge in [-0.1, -0.05) is 17.7 Å². The molecule has 0 aliphatic heterocycles. The van der Waals surface area contributed by atoms with E-state index in [2.05, 4.69) is 25.3 Å². The molecule has 0 saturated heterocycles. The average Bonchev–Trinajstić information content (AvgIpc) is 2.98. The quantitative estimate of drug-likeness (QED) is 0.660. The Hall–Kier alpha value is -2.52. The van der Waals surface area contributed by atoms with Gasteiger partial charge in [0.25, 0.3) is 0 Å². The number of sulfonamides is 1. The summed E-state index contributed by atoms with van der Waals surface area (Å²) < 4.78 is 28.8. The van der Waals surface area contributed by atoms with Crippen LogP contribution in [0.5, 0.6) is 0 Å². The molecule has 9 heteroatoms. The topological polar surface area (TPSA) is 101 Å². The van der Waals surface area contributed by atoms with Crippen LogP contribution in [0.2, 0.25) is 0 Å². The minimum atomic E-state index is -3.54. The van der Waals surface area contributed by atoms with E-state index in [0.29, 0.717) is 17.9 Å². The maximum atomic E-state index is 12.3. The molecular weight excluding hydrogens is 340 g/mol. The molecule has 0 bridgehead atoms. The summed E-state index contributed by atoms with van der Waals surface area (Å²) in [4.78, 5) is 0.247. The highest BCUT2D eigenvalue weighted by atomic mass is 32.2. The predicted octanol–water partition coefficient (Wildman–Crippen LogP) is 1.39. The summed E-state index contributed by atoms with van der Waals surface area (Å²) >= 11 is 0. The number of rotatable bonds is 7. The maximum absolute atomic E-state index is 12.3. The van der Waals surface area contributed by atoms with E-state index >= 15 is 0 Å². The van der Waals surface area contributed by atoms with Crippen LogP contribution in [0.25, 0.3) is 5.65 Å². The molecule has 3 aromatic rings. The van der Waals surface area contributed by atoms with Crippen molar-refractivity contribution in [1.82, 2.24) is 24.5 Å². The molecule has 0 radical (unpaired) electrons. The van der Waals surface area contributed by atoms with E-state index in [9.17, 15) is 8.42 Å². The molecule has 2 heterocycles. The van der Waals surface area contributed by atoms with E-state index in [-0.39, 0.29) is 11.4 Å². The number of fused-ring (bicyclic) bond motifs is 1. The number of nitrogens with one attached hydrogen (secondary N) is 2. The van der Waals surface area contributed by atoms with Crippen molar-refractivity contribution in [3.05, 3.63) is 47.8 Å². The molecule has 2 aromatic heterocycles. The largest absolute Gasteiger partial charge is 0.369 e. The molecule has 0 fully saturated rings. The average molecular weight is 360 g/mol. The van der Waals surface area contributed by atoms with Gasteiger partial charge >= 0.3 is 0 Å². The lowest BCUT2D eigenvalue weighted by molar-refractivity contribution is 0.580. The van der Waals surface area contributed by atoms with Crippen LogP contribution in [0.4, 0.5) is 5.82 Å². The van der Waals surface area contributed by atoms with E-state index in [0.717, 1.165) is 17.9 Å². The number of benzene rings is 1. The molecular formula is C16H20N6O2S. The van der Waals surface area contributed by atoms with Crippen molar-refractivity contribution in [3.63, 3.8) is 0 Å². The Bertz CT molecular complexity index is 966. The molecule has 1 aromatic carbocycles. The maximum Gasteiger partial charge on any atom is 0.240 e. The first kappa shape index (κ1) is 17.3. The van der Waals surface area contributed by atoms with Crippen molar-refractivity contribution in [3.8, 4) is 0 Å². The Kier molecular flexibility index (Phi) is 4.95. The molecule has 0 aliphatic carbocycles. The van der Waals surface area contributed by atoms with Crippen molar-refractivity contribution in [2.24, 2.45) is 0 Å². The van der Waals surface area contributed by atoms with Gasteiger partial charge in [-0.25, -0.2) is 13.1 Å². The fourth-order valence-corrected chi connectivity index (χ4v) is 3.39. The normalized spacial score (nSPS) is 11.8. The van der Waals surface area contributed by atoms with Gasteiger partial charge in [0.2, 0.25) is 10.0 Å². The lowest BCUT2D eigenvalue weighted by atomic mass is 10.2. The van der Waals surface area contributed by atoms with Crippen LogP contribution in [0.15, 0.2) is 41.3 Å². The third kappa shape index (κ3) is 3.94. The van der Waals surface area contributed by atoms with Gasteiger partial charge in [0.15, 0.2) is 11.5 Å². The lowest BCUT2D eigenvalue weighted by Gasteiger charge is -2.07. The Morgan fingerprint density at radius 1 is 1.08 bits per heavy atom. The van der Waals surface area contributed by atoms with Crippen molar-refractivity contribution in [2.45, 2.75) is 25.2 Å². The zero-order chi connectivity index (χ0) is 17.9. The van der Waals surface area contributed by atoms with Gasteiger partial charge in [0, 0.05) is 19.5 Å². The number of hydrogen-bond donors (Lipinski definition) is 2. The van der Waals surface area contributed by atoms with Gasteiger partial charge in [0.1, 0.15) is 5.82 Å². The Morgan fingerprint density at radius 3 is 2.56 bits per heavy atom. The molecule has 0 aliphatic rings. The third-order valence-corrected chi connectivity index (χ3v) is 5.13. The molecule has 8 nitrogen and oxygen atoms in total. The van der Waals surface area contributed by atoms with Crippen LogP contribution in [0.3, 0.4) is 0 Å². The molecule has 3 rings (SSSR count). The van der Waals surface area contributed by atoms with E-state index in [1.165, 1.54) is 0 Å². The first-order chi connectivity index (χ1) is 12.0. The van der Waals surface area contributed by atoms with Crippen LogP contribution in [-0.4, -0.2) is 41.3 Å². The van der Waals surface area contributed by atoms with Gasteiger partial charge in [-0.05, 0) is 38.1 Å². The zero-order valence-electron chi connectivity index (χ0n) is 14.1. The second kappa shape index (κ2) is 7.16. The van der Waals surface area contributed by atoms with Crippen LogP contribution in [0.1, 0.15) is 18.3 Å². The molecule has 0 atom stereocenters. The number of anilines is 1. The molecule has 25 heavy (non-hydrogen) atoms. The molecule has 2 N–H and O–H groups in total. The monoisotopic (exact) mass is 360 g/mol. The van der Waals surface area contributed by atoms with Gasteiger partial charge < -0.3 is 5.32 Å². The fourth-order valence-electron chi connectivity index (χ4n) is 2.36. The van der Waals surface area contributed by atoms with Crippen LogP contribution in [0, 0.1) is 6.92 Å². The summed E-state index contributed by atoms with van der Waals surface area (Å²) in [6.45, 7) is 4.87. The minimum absolute atomic E-state index is 0.212. The Labute approximate surface area is 146 Å². The first-order valence-corrected chi connectivity index (χ1v) is 9.49. The molecule has 0 unspecified atom stereocenters. The lowest BCUT2D eigenvalue weighted by Crippen LogP contribution is -2.26. The summed E-state index contributed by atoms with van der Waals surface area (Å²) in [6.07, 6.45) is 0.384. The van der Waals surface area contributed by atoms with E-state index < -0.39 is 10.0 Å². The Balaban J connectivity index is 1.70. The second-order valence-electron chi connectivity index (χ2n) is 5.60. The highest BCUT2D eigenvalue weighted by molar-refractivity contribution is 7.89. The van der Waals surface area contributed by atoms with E-state index in [4.69, 9.17) is 0 Å². The number of hydrogen-bond acceptors (Lipinski definition) is 6. The summed E-state index contributed by atoms with van der Waals surface area (Å²) in [6, 6.07) is 10.4. The van der Waals surface area contributed by atoms with E-state index in [1.54, 1.807) is 28.8 Å². The molecule has 132 valence electrons. The Morgan fingerprint density at radius 2 is 1.84 bits per heavy atom. The van der Waals surface area contributed by atoms with Crippen molar-refractivity contribution >= 4 is 21.5 Å². The molecule has 0 spiro atoms. The van der Waals surface area contributed by atoms with Crippen LogP contribution >= 0.6 is 0 Å². The predicted molar refractivity (Wildman–Crippen MR) is 95.0 cm³/mol.